The van der Waals surface area contributed by atoms with Gasteiger partial charge in [0.05, 0.1) is 34.5 Å². The molecule has 9 heteroatoms. The first-order valence-corrected chi connectivity index (χ1v) is 11.3. The van der Waals surface area contributed by atoms with Crippen molar-refractivity contribution < 1.29 is 23.9 Å². The van der Waals surface area contributed by atoms with Crippen molar-refractivity contribution in [2.45, 2.75) is 26.3 Å². The van der Waals surface area contributed by atoms with Gasteiger partial charge in [-0.15, -0.1) is 0 Å². The summed E-state index contributed by atoms with van der Waals surface area (Å²) in [5, 5.41) is 0. The van der Waals surface area contributed by atoms with Crippen LogP contribution in [0.25, 0.3) is 5.57 Å². The quantitative estimate of drug-likeness (QED) is 0.360. The predicted molar refractivity (Wildman–Crippen MR) is 129 cm³/mol. The summed E-state index contributed by atoms with van der Waals surface area (Å²) in [4.78, 5) is 40.1. The molecule has 2 heterocycles. The number of benzene rings is 1. The van der Waals surface area contributed by atoms with E-state index in [1.165, 1.54) is 20.3 Å². The molecule has 0 atom stereocenters. The molecule has 0 aromatic heterocycles. The lowest BCUT2D eigenvalue weighted by molar-refractivity contribution is -0.138. The van der Waals surface area contributed by atoms with E-state index in [4.69, 9.17) is 21.7 Å². The number of ether oxygens (including phenoxy) is 2. The van der Waals surface area contributed by atoms with E-state index in [1.807, 2.05) is 38.1 Å². The molecule has 0 radical (unpaired) electrons. The second-order valence-electron chi connectivity index (χ2n) is 7.09. The highest BCUT2D eigenvalue weighted by atomic mass is 32.2. The van der Waals surface area contributed by atoms with Crippen molar-refractivity contribution in [2.24, 2.45) is 0 Å². The molecule has 2 aliphatic heterocycles. The van der Waals surface area contributed by atoms with Crippen LogP contribution in [0, 0.1) is 0 Å². The van der Waals surface area contributed by atoms with E-state index in [0.29, 0.717) is 14.8 Å². The third kappa shape index (κ3) is 3.97. The lowest BCUT2D eigenvalue weighted by atomic mass is 9.83. The number of allylic oxidation sites excluding steroid dienone is 1. The Labute approximate surface area is 194 Å². The third-order valence-electron chi connectivity index (χ3n) is 4.83. The zero-order chi connectivity index (χ0) is 22.9. The number of para-hydroxylation sites is 1. The highest BCUT2D eigenvalue weighted by Crippen LogP contribution is 2.56. The zero-order valence-corrected chi connectivity index (χ0v) is 20.1. The molecule has 6 nitrogen and oxygen atoms in total. The summed E-state index contributed by atoms with van der Waals surface area (Å²) in [7, 11) is 2.52. The molecule has 0 spiro atoms. The van der Waals surface area contributed by atoms with Crippen LogP contribution in [-0.4, -0.2) is 42.5 Å². The second-order valence-corrected chi connectivity index (χ2v) is 9.79. The van der Waals surface area contributed by atoms with Crippen LogP contribution in [0.3, 0.4) is 0 Å². The summed E-state index contributed by atoms with van der Waals surface area (Å²) >= 11 is 8.13. The van der Waals surface area contributed by atoms with Gasteiger partial charge in [-0.25, -0.2) is 9.59 Å². The average molecular weight is 476 g/mol. The highest BCUT2D eigenvalue weighted by Gasteiger charge is 2.45. The number of carbonyl (C=O) groups excluding carboxylic acids is 3. The lowest BCUT2D eigenvalue weighted by Gasteiger charge is -2.44. The molecular formula is C22H21NO5S3. The molecule has 0 saturated carbocycles. The van der Waals surface area contributed by atoms with Crippen LogP contribution in [-0.2, 0) is 23.9 Å². The summed E-state index contributed by atoms with van der Waals surface area (Å²) < 4.78 is 10.4. The van der Waals surface area contributed by atoms with Gasteiger partial charge in [-0.1, -0.05) is 60.0 Å². The SMILES string of the molecule is C/C=C/C(=O)N1c2ccccc2C(=C2SC(C(=O)OC)=C(C(=O)OC)S2)C(=S)C1(C)C. The van der Waals surface area contributed by atoms with Crippen molar-refractivity contribution in [1.29, 1.82) is 0 Å². The maximum atomic E-state index is 12.9. The van der Waals surface area contributed by atoms with E-state index in [0.717, 1.165) is 34.7 Å². The minimum atomic E-state index is -0.816. The third-order valence-corrected chi connectivity index (χ3v) is 8.09. The molecular weight excluding hydrogens is 454 g/mol. The number of hydrogen-bond donors (Lipinski definition) is 0. The van der Waals surface area contributed by atoms with E-state index in [9.17, 15) is 14.4 Å². The van der Waals surface area contributed by atoms with E-state index in [-0.39, 0.29) is 15.7 Å². The Hall–Kier alpha value is -2.36. The van der Waals surface area contributed by atoms with Crippen LogP contribution in [0.1, 0.15) is 26.3 Å². The number of nitrogens with zero attached hydrogens (tertiary/aromatic N) is 1. The van der Waals surface area contributed by atoms with E-state index in [2.05, 4.69) is 0 Å². The van der Waals surface area contributed by atoms with E-state index < -0.39 is 17.5 Å². The van der Waals surface area contributed by atoms with Crippen molar-refractivity contribution in [3.63, 3.8) is 0 Å². The summed E-state index contributed by atoms with van der Waals surface area (Å²) in [6, 6.07) is 7.46. The minimum absolute atomic E-state index is 0.160. The molecule has 0 saturated heterocycles. The molecule has 0 fully saturated rings. The molecule has 2 aliphatic rings. The second kappa shape index (κ2) is 9.02. The van der Waals surface area contributed by atoms with Crippen LogP contribution >= 0.6 is 35.7 Å². The first-order valence-electron chi connectivity index (χ1n) is 9.31. The minimum Gasteiger partial charge on any atom is -0.465 e. The van der Waals surface area contributed by atoms with Gasteiger partial charge < -0.3 is 9.47 Å². The number of esters is 2. The summed E-state index contributed by atoms with van der Waals surface area (Å²) in [5.74, 6) is -1.41. The first kappa shape index (κ1) is 23.3. The Morgan fingerprint density at radius 3 is 2.10 bits per heavy atom. The van der Waals surface area contributed by atoms with Gasteiger partial charge >= 0.3 is 11.9 Å². The van der Waals surface area contributed by atoms with Crippen molar-refractivity contribution in [3.8, 4) is 0 Å². The standard InChI is InChI=1S/C22H21NO5S3/c1-6-9-14(24)23-13-11-8-7-10-12(13)15(18(29)22(23,2)3)21-30-16(19(25)27-4)17(31-21)20(26)28-5/h6-11H,1-5H3/b9-6+. The van der Waals surface area contributed by atoms with Crippen LogP contribution in [0.2, 0.25) is 0 Å². The van der Waals surface area contributed by atoms with Crippen LogP contribution in [0.15, 0.2) is 50.5 Å². The Kier molecular flexibility index (Phi) is 6.78. The fourth-order valence-corrected chi connectivity index (χ4v) is 6.41. The molecule has 0 N–H and O–H groups in total. The highest BCUT2D eigenvalue weighted by molar-refractivity contribution is 8.29. The largest absolute Gasteiger partial charge is 0.465 e. The van der Waals surface area contributed by atoms with Gasteiger partial charge in [0.2, 0.25) is 0 Å². The predicted octanol–water partition coefficient (Wildman–Crippen LogP) is 4.46. The number of anilines is 1. The number of thiocarbonyl (C=S) groups is 1. The number of hydrogen-bond acceptors (Lipinski definition) is 8. The maximum Gasteiger partial charge on any atom is 0.346 e. The molecule has 0 bridgehead atoms. The Balaban J connectivity index is 2.22. The van der Waals surface area contributed by atoms with Gasteiger partial charge in [-0.05, 0) is 32.9 Å². The maximum absolute atomic E-state index is 12.9. The topological polar surface area (TPSA) is 72.9 Å². The summed E-state index contributed by atoms with van der Waals surface area (Å²) in [6.07, 6.45) is 3.19. The van der Waals surface area contributed by atoms with Crippen molar-refractivity contribution in [3.05, 3.63) is 56.0 Å². The van der Waals surface area contributed by atoms with Crippen molar-refractivity contribution in [2.75, 3.05) is 19.1 Å². The number of thioether (sulfide) groups is 2. The molecule has 162 valence electrons. The molecule has 3 rings (SSSR count). The van der Waals surface area contributed by atoms with Crippen LogP contribution in [0.5, 0.6) is 0 Å². The molecule has 1 aromatic rings. The van der Waals surface area contributed by atoms with E-state index in [1.54, 1.807) is 17.9 Å². The van der Waals surface area contributed by atoms with Gasteiger partial charge in [0.25, 0.3) is 5.91 Å². The molecule has 31 heavy (non-hydrogen) atoms. The van der Waals surface area contributed by atoms with Crippen molar-refractivity contribution in [1.82, 2.24) is 0 Å². The zero-order valence-electron chi connectivity index (χ0n) is 17.7. The molecule has 1 amide bonds. The molecule has 0 unspecified atom stereocenters. The van der Waals surface area contributed by atoms with Gasteiger partial charge in [-0.3, -0.25) is 9.69 Å². The lowest BCUT2D eigenvalue weighted by Crippen LogP contribution is -2.55. The Morgan fingerprint density at radius 2 is 1.58 bits per heavy atom. The Bertz CT molecular complexity index is 1050. The molecule has 0 aliphatic carbocycles. The van der Waals surface area contributed by atoms with Gasteiger partial charge in [0, 0.05) is 11.1 Å². The Morgan fingerprint density at radius 1 is 1.03 bits per heavy atom. The first-order chi connectivity index (χ1) is 14.7. The fraction of sp³-hybridized carbons (Fsp3) is 0.273. The summed E-state index contributed by atoms with van der Waals surface area (Å²) in [6.45, 7) is 5.55. The van der Waals surface area contributed by atoms with Crippen molar-refractivity contribution >= 4 is 69.7 Å². The number of methoxy groups -OCH3 is 2. The van der Waals surface area contributed by atoms with E-state index >= 15 is 0 Å². The van der Waals surface area contributed by atoms with Gasteiger partial charge in [-0.2, -0.15) is 0 Å². The number of carbonyl (C=O) groups is 3. The van der Waals surface area contributed by atoms with Gasteiger partial charge in [0.15, 0.2) is 0 Å². The number of fused-ring (bicyclic) bond motifs is 1. The van der Waals surface area contributed by atoms with Gasteiger partial charge in [0.1, 0.15) is 9.81 Å². The number of rotatable bonds is 3. The van der Waals surface area contributed by atoms with Crippen LogP contribution < -0.4 is 4.90 Å². The smallest absolute Gasteiger partial charge is 0.346 e. The summed E-state index contributed by atoms with van der Waals surface area (Å²) in [5.41, 5.74) is 1.37. The monoisotopic (exact) mass is 475 g/mol. The normalized spacial score (nSPS) is 17.8. The number of amides is 1. The fourth-order valence-electron chi connectivity index (χ4n) is 3.38. The average Bonchev–Trinajstić information content (AvgIpc) is 3.18. The van der Waals surface area contributed by atoms with Crippen LogP contribution in [0.4, 0.5) is 5.69 Å². The molecule has 1 aromatic carbocycles.